The average Bonchev–Trinajstić information content (AvgIpc) is 3.21. The predicted octanol–water partition coefficient (Wildman–Crippen LogP) is 4.66. The molecule has 230 valence electrons. The number of carboxylic acid groups (broad SMARTS) is 1. The molecule has 4 atom stereocenters. The number of carbonyl (C=O) groups excluding carboxylic acids is 2. The predicted molar refractivity (Wildman–Crippen MR) is 163 cm³/mol. The highest BCUT2D eigenvalue weighted by Gasteiger charge is 2.54. The standard InChI is InChI=1S/C34H42N2O7/c1-20-17-25-31(34(43)36(33(25)42)14-8-4-5-10-29(39)40)26(19-37)30(20)28(38)12-11-24(27-9-6-7-13-35-27)18-23-15-21(2)32(41)22(3)16-23/h6-7,9,13,15-16,18,25-26,28,31,37-38,41H,4-5,8,10-12,14,17,19H2,1-3H3,(H,39,40)/b24-18-/t25-,26+,28-,31-/m1/s1. The molecule has 2 aliphatic rings. The lowest BCUT2D eigenvalue weighted by Crippen LogP contribution is -2.39. The van der Waals surface area contributed by atoms with Crippen molar-refractivity contribution in [1.82, 2.24) is 9.88 Å². The van der Waals surface area contributed by atoms with Gasteiger partial charge in [0.2, 0.25) is 11.8 Å². The number of phenols is 1. The van der Waals surface area contributed by atoms with Crippen LogP contribution in [0.4, 0.5) is 0 Å². The van der Waals surface area contributed by atoms with Crippen molar-refractivity contribution in [3.8, 4) is 5.75 Å². The molecule has 0 bridgehead atoms. The Morgan fingerprint density at radius 2 is 1.79 bits per heavy atom. The normalized spacial score (nSPS) is 21.4. The van der Waals surface area contributed by atoms with E-state index in [1.807, 2.05) is 57.2 Å². The summed E-state index contributed by atoms with van der Waals surface area (Å²) in [5.74, 6) is -3.13. The van der Waals surface area contributed by atoms with E-state index in [0.29, 0.717) is 44.1 Å². The molecule has 0 radical (unpaired) electrons. The number of carboxylic acids is 1. The number of aliphatic hydroxyl groups is 2. The number of carbonyl (C=O) groups is 3. The number of benzene rings is 1. The Bertz CT molecular complexity index is 1390. The number of unbranched alkanes of at least 4 members (excludes halogenated alkanes) is 2. The van der Waals surface area contributed by atoms with Crippen LogP contribution in [0.1, 0.15) is 74.3 Å². The fourth-order valence-electron chi connectivity index (χ4n) is 6.67. The summed E-state index contributed by atoms with van der Waals surface area (Å²) in [7, 11) is 0. The molecule has 4 N–H and O–H groups in total. The molecule has 43 heavy (non-hydrogen) atoms. The fourth-order valence-corrected chi connectivity index (χ4v) is 6.67. The van der Waals surface area contributed by atoms with E-state index in [1.54, 1.807) is 6.20 Å². The molecule has 0 saturated carbocycles. The summed E-state index contributed by atoms with van der Waals surface area (Å²) < 4.78 is 0. The third-order valence-corrected chi connectivity index (χ3v) is 8.78. The number of fused-ring (bicyclic) bond motifs is 1. The van der Waals surface area contributed by atoms with E-state index in [2.05, 4.69) is 4.98 Å². The molecule has 2 aromatic rings. The Morgan fingerprint density at radius 1 is 1.07 bits per heavy atom. The molecule has 9 heteroatoms. The second-order valence-electron chi connectivity index (χ2n) is 11.8. The number of hydrogen-bond acceptors (Lipinski definition) is 7. The molecule has 4 rings (SSSR count). The first-order valence-corrected chi connectivity index (χ1v) is 15.0. The van der Waals surface area contributed by atoms with Gasteiger partial charge in [0.25, 0.3) is 0 Å². The average molecular weight is 591 g/mol. The number of pyridine rings is 1. The molecule has 1 aliphatic carbocycles. The number of allylic oxidation sites excluding steroid dienone is 2. The molecule has 2 amide bonds. The molecule has 1 aromatic heterocycles. The summed E-state index contributed by atoms with van der Waals surface area (Å²) in [6.45, 7) is 5.43. The third kappa shape index (κ3) is 7.22. The van der Waals surface area contributed by atoms with Gasteiger partial charge in [0.1, 0.15) is 5.75 Å². The maximum atomic E-state index is 13.5. The minimum absolute atomic E-state index is 0.0511. The first kappa shape index (κ1) is 32.1. The van der Waals surface area contributed by atoms with Crippen molar-refractivity contribution in [2.24, 2.45) is 17.8 Å². The Labute approximate surface area is 252 Å². The summed E-state index contributed by atoms with van der Waals surface area (Å²) in [5.41, 5.74) is 5.56. The number of imide groups is 1. The number of aromatic nitrogens is 1. The van der Waals surface area contributed by atoms with Gasteiger partial charge in [0.15, 0.2) is 0 Å². The molecule has 9 nitrogen and oxygen atoms in total. The number of nitrogens with zero attached hydrogens (tertiary/aromatic N) is 2. The number of aryl methyl sites for hydroxylation is 2. The smallest absolute Gasteiger partial charge is 0.303 e. The molecular formula is C34H42N2O7. The van der Waals surface area contributed by atoms with Crippen LogP contribution in [0, 0.1) is 31.6 Å². The van der Waals surface area contributed by atoms with Gasteiger partial charge in [-0.1, -0.05) is 18.1 Å². The van der Waals surface area contributed by atoms with Gasteiger partial charge in [-0.05, 0) is 111 Å². The summed E-state index contributed by atoms with van der Waals surface area (Å²) >= 11 is 0. The Balaban J connectivity index is 1.52. The van der Waals surface area contributed by atoms with Crippen molar-refractivity contribution in [2.75, 3.05) is 13.2 Å². The van der Waals surface area contributed by atoms with Crippen molar-refractivity contribution < 1.29 is 34.8 Å². The van der Waals surface area contributed by atoms with Crippen LogP contribution in [-0.4, -0.2) is 67.3 Å². The van der Waals surface area contributed by atoms with Crippen LogP contribution in [-0.2, 0) is 14.4 Å². The minimum Gasteiger partial charge on any atom is -0.507 e. The number of aliphatic carboxylic acids is 1. The van der Waals surface area contributed by atoms with Crippen molar-refractivity contribution in [1.29, 1.82) is 0 Å². The maximum Gasteiger partial charge on any atom is 0.303 e. The van der Waals surface area contributed by atoms with Crippen LogP contribution in [0.25, 0.3) is 11.6 Å². The highest BCUT2D eigenvalue weighted by Crippen LogP contribution is 2.46. The lowest BCUT2D eigenvalue weighted by molar-refractivity contribution is -0.141. The number of aliphatic hydroxyl groups excluding tert-OH is 2. The molecule has 1 fully saturated rings. The maximum absolute atomic E-state index is 13.5. The lowest BCUT2D eigenvalue weighted by atomic mass is 9.68. The van der Waals surface area contributed by atoms with Crippen molar-refractivity contribution in [3.63, 3.8) is 0 Å². The van der Waals surface area contributed by atoms with Gasteiger partial charge in [0.05, 0.1) is 30.2 Å². The molecular weight excluding hydrogens is 548 g/mol. The number of hydrogen-bond donors (Lipinski definition) is 4. The van der Waals surface area contributed by atoms with Crippen LogP contribution in [0.2, 0.25) is 0 Å². The minimum atomic E-state index is -0.929. The zero-order valence-corrected chi connectivity index (χ0v) is 25.1. The van der Waals surface area contributed by atoms with Gasteiger partial charge in [-0.3, -0.25) is 24.3 Å². The largest absolute Gasteiger partial charge is 0.507 e. The Kier molecular flexibility index (Phi) is 10.5. The van der Waals surface area contributed by atoms with Crippen molar-refractivity contribution in [2.45, 2.75) is 71.8 Å². The molecule has 2 heterocycles. The van der Waals surface area contributed by atoms with Crippen LogP contribution in [0.3, 0.4) is 0 Å². The number of amides is 2. The van der Waals surface area contributed by atoms with Crippen molar-refractivity contribution in [3.05, 3.63) is 70.1 Å². The zero-order chi connectivity index (χ0) is 31.3. The van der Waals surface area contributed by atoms with E-state index in [9.17, 15) is 29.7 Å². The monoisotopic (exact) mass is 590 g/mol. The van der Waals surface area contributed by atoms with Gasteiger partial charge in [-0.2, -0.15) is 0 Å². The number of rotatable bonds is 13. The SMILES string of the molecule is CC1=C([C@H](O)CC/C(=C/c2cc(C)c(O)c(C)c2)c2ccccn2)[C@H](CO)[C@@H]2C(=O)N(CCCCCC(=O)O)C(=O)[C@@H]2C1. The second-order valence-corrected chi connectivity index (χ2v) is 11.8. The third-order valence-electron chi connectivity index (χ3n) is 8.78. The second kappa shape index (κ2) is 14.1. The summed E-state index contributed by atoms with van der Waals surface area (Å²) in [5, 5.41) is 41.0. The van der Waals surface area contributed by atoms with Gasteiger partial charge in [-0.15, -0.1) is 0 Å². The van der Waals surface area contributed by atoms with E-state index in [1.165, 1.54) is 4.90 Å². The summed E-state index contributed by atoms with van der Waals surface area (Å²) in [6, 6.07) is 9.44. The van der Waals surface area contributed by atoms with E-state index < -0.39 is 29.8 Å². The quantitative estimate of drug-likeness (QED) is 0.150. The molecule has 1 aliphatic heterocycles. The van der Waals surface area contributed by atoms with Crippen molar-refractivity contribution >= 4 is 29.4 Å². The van der Waals surface area contributed by atoms with Gasteiger partial charge in [-0.25, -0.2) is 0 Å². The number of aromatic hydroxyl groups is 1. The van der Waals surface area contributed by atoms with Crippen LogP contribution in [0.15, 0.2) is 47.7 Å². The lowest BCUT2D eigenvalue weighted by Gasteiger charge is -2.35. The van der Waals surface area contributed by atoms with E-state index in [-0.39, 0.29) is 37.1 Å². The van der Waals surface area contributed by atoms with Gasteiger partial charge in [0, 0.05) is 25.1 Å². The van der Waals surface area contributed by atoms with Crippen LogP contribution >= 0.6 is 0 Å². The van der Waals surface area contributed by atoms with Gasteiger partial charge < -0.3 is 20.4 Å². The fraction of sp³-hybridized carbons (Fsp3) is 0.471. The zero-order valence-electron chi connectivity index (χ0n) is 25.1. The Hall–Kier alpha value is -3.82. The Morgan fingerprint density at radius 3 is 2.42 bits per heavy atom. The van der Waals surface area contributed by atoms with Gasteiger partial charge >= 0.3 is 5.97 Å². The number of phenolic OH excluding ortho intramolecular Hbond substituents is 1. The van der Waals surface area contributed by atoms with E-state index >= 15 is 0 Å². The summed E-state index contributed by atoms with van der Waals surface area (Å²) in [4.78, 5) is 43.3. The highest BCUT2D eigenvalue weighted by atomic mass is 16.4. The summed E-state index contributed by atoms with van der Waals surface area (Å²) in [6.07, 6.45) is 5.59. The highest BCUT2D eigenvalue weighted by molar-refractivity contribution is 6.05. The first-order valence-electron chi connectivity index (χ1n) is 15.0. The first-order chi connectivity index (χ1) is 20.5. The number of likely N-dealkylation sites (tertiary alicyclic amines) is 1. The van der Waals surface area contributed by atoms with E-state index in [0.717, 1.165) is 33.5 Å². The molecule has 1 aromatic carbocycles. The van der Waals surface area contributed by atoms with Crippen LogP contribution in [0.5, 0.6) is 5.75 Å². The van der Waals surface area contributed by atoms with Crippen LogP contribution < -0.4 is 0 Å². The topological polar surface area (TPSA) is 148 Å². The van der Waals surface area contributed by atoms with E-state index in [4.69, 9.17) is 5.11 Å². The molecule has 1 saturated heterocycles. The molecule has 0 unspecified atom stereocenters. The molecule has 0 spiro atoms.